The Balaban J connectivity index is 2.07. The summed E-state index contributed by atoms with van der Waals surface area (Å²) in [5.74, 6) is 0.529. The largest absolute Gasteiger partial charge is 0.378 e. The quantitative estimate of drug-likeness (QED) is 0.750. The van der Waals surface area contributed by atoms with E-state index in [-0.39, 0.29) is 0 Å². The molecule has 1 aromatic heterocycles. The molecule has 0 atom stereocenters. The summed E-state index contributed by atoms with van der Waals surface area (Å²) in [6, 6.07) is 0. The van der Waals surface area contributed by atoms with Gasteiger partial charge in [0.15, 0.2) is 5.13 Å². The Hall–Kier alpha value is -0.610. The molecule has 78 valence electrons. The van der Waals surface area contributed by atoms with E-state index in [0.717, 1.165) is 31.4 Å². The van der Waals surface area contributed by atoms with Gasteiger partial charge in [-0.25, -0.2) is 4.98 Å². The van der Waals surface area contributed by atoms with Crippen molar-refractivity contribution in [2.75, 3.05) is 31.2 Å². The molecule has 1 saturated heterocycles. The molecule has 0 N–H and O–H groups in total. The number of hydrogen-bond donors (Lipinski definition) is 0. The smallest absolute Gasteiger partial charge is 0.185 e. The van der Waals surface area contributed by atoms with Crippen LogP contribution in [0.15, 0.2) is 5.38 Å². The van der Waals surface area contributed by atoms with E-state index in [1.807, 2.05) is 0 Å². The van der Waals surface area contributed by atoms with E-state index in [4.69, 9.17) is 4.74 Å². The normalized spacial score (nSPS) is 17.8. The molecule has 2 heterocycles. The average molecular weight is 212 g/mol. The van der Waals surface area contributed by atoms with E-state index >= 15 is 0 Å². The highest BCUT2D eigenvalue weighted by atomic mass is 32.1. The molecule has 2 rings (SSSR count). The van der Waals surface area contributed by atoms with E-state index in [1.54, 1.807) is 11.3 Å². The van der Waals surface area contributed by atoms with Gasteiger partial charge < -0.3 is 9.64 Å². The molecule has 1 aromatic rings. The maximum atomic E-state index is 5.31. The van der Waals surface area contributed by atoms with Crippen molar-refractivity contribution in [1.29, 1.82) is 0 Å². The maximum Gasteiger partial charge on any atom is 0.185 e. The van der Waals surface area contributed by atoms with Crippen molar-refractivity contribution in [2.24, 2.45) is 0 Å². The van der Waals surface area contributed by atoms with Gasteiger partial charge in [-0.05, 0) is 5.92 Å². The zero-order valence-corrected chi connectivity index (χ0v) is 9.51. The Labute approximate surface area is 88.7 Å². The maximum absolute atomic E-state index is 5.31. The zero-order valence-electron chi connectivity index (χ0n) is 8.69. The van der Waals surface area contributed by atoms with Crippen LogP contribution in [0.3, 0.4) is 0 Å². The summed E-state index contributed by atoms with van der Waals surface area (Å²) < 4.78 is 5.31. The fourth-order valence-electron chi connectivity index (χ4n) is 1.44. The van der Waals surface area contributed by atoms with Crippen LogP contribution in [0.25, 0.3) is 0 Å². The number of anilines is 1. The lowest BCUT2D eigenvalue weighted by Crippen LogP contribution is -2.36. The second-order valence-electron chi connectivity index (χ2n) is 3.81. The number of ether oxygens (including phenoxy) is 1. The van der Waals surface area contributed by atoms with Crippen molar-refractivity contribution >= 4 is 16.5 Å². The van der Waals surface area contributed by atoms with Crippen LogP contribution in [-0.4, -0.2) is 31.3 Å². The molecule has 0 aliphatic carbocycles. The van der Waals surface area contributed by atoms with Crippen LogP contribution in [0, 0.1) is 0 Å². The van der Waals surface area contributed by atoms with Crippen LogP contribution in [0.5, 0.6) is 0 Å². The summed E-state index contributed by atoms with van der Waals surface area (Å²) in [6.45, 7) is 7.97. The van der Waals surface area contributed by atoms with Crippen LogP contribution >= 0.6 is 11.3 Å². The van der Waals surface area contributed by atoms with Crippen molar-refractivity contribution in [2.45, 2.75) is 19.8 Å². The van der Waals surface area contributed by atoms with Gasteiger partial charge in [0.25, 0.3) is 0 Å². The van der Waals surface area contributed by atoms with Gasteiger partial charge in [0.05, 0.1) is 18.9 Å². The van der Waals surface area contributed by atoms with Crippen molar-refractivity contribution in [3.8, 4) is 0 Å². The van der Waals surface area contributed by atoms with Gasteiger partial charge in [0, 0.05) is 18.5 Å². The molecule has 0 amide bonds. The lowest BCUT2D eigenvalue weighted by atomic mass is 10.2. The molecular formula is C10H16N2OS. The van der Waals surface area contributed by atoms with Gasteiger partial charge in [-0.15, -0.1) is 11.3 Å². The molecule has 1 aliphatic rings. The predicted octanol–water partition coefficient (Wildman–Crippen LogP) is 2.10. The summed E-state index contributed by atoms with van der Waals surface area (Å²) in [5, 5.41) is 3.31. The lowest BCUT2D eigenvalue weighted by molar-refractivity contribution is 0.122. The molecule has 1 aliphatic heterocycles. The third-order valence-electron chi connectivity index (χ3n) is 2.38. The Kier molecular flexibility index (Phi) is 3.03. The summed E-state index contributed by atoms with van der Waals surface area (Å²) in [6.07, 6.45) is 0. The van der Waals surface area contributed by atoms with Crippen LogP contribution in [0.4, 0.5) is 5.13 Å². The third-order valence-corrected chi connectivity index (χ3v) is 3.30. The van der Waals surface area contributed by atoms with Crippen molar-refractivity contribution in [1.82, 2.24) is 4.98 Å². The topological polar surface area (TPSA) is 25.4 Å². The second-order valence-corrected chi connectivity index (χ2v) is 4.65. The predicted molar refractivity (Wildman–Crippen MR) is 59.2 cm³/mol. The highest BCUT2D eigenvalue weighted by molar-refractivity contribution is 7.13. The molecule has 1 fully saturated rings. The Morgan fingerprint density at radius 2 is 2.14 bits per heavy atom. The van der Waals surface area contributed by atoms with Gasteiger partial charge in [-0.2, -0.15) is 0 Å². The highest BCUT2D eigenvalue weighted by Crippen LogP contribution is 2.25. The standard InChI is InChI=1S/C10H16N2OS/c1-8(2)9-7-14-10(11-9)12-3-5-13-6-4-12/h7-8H,3-6H2,1-2H3. The average Bonchev–Trinajstić information content (AvgIpc) is 2.68. The highest BCUT2D eigenvalue weighted by Gasteiger charge is 2.15. The van der Waals surface area contributed by atoms with Gasteiger partial charge in [-0.3, -0.25) is 0 Å². The van der Waals surface area contributed by atoms with Gasteiger partial charge in [0.2, 0.25) is 0 Å². The number of morpholine rings is 1. The van der Waals surface area contributed by atoms with Gasteiger partial charge in [-0.1, -0.05) is 13.8 Å². The van der Waals surface area contributed by atoms with E-state index < -0.39 is 0 Å². The number of thiazole rings is 1. The second kappa shape index (κ2) is 4.28. The van der Waals surface area contributed by atoms with E-state index in [9.17, 15) is 0 Å². The Bertz CT molecular complexity index is 292. The molecule has 3 nitrogen and oxygen atoms in total. The molecule has 0 saturated carbocycles. The summed E-state index contributed by atoms with van der Waals surface area (Å²) in [4.78, 5) is 6.93. The van der Waals surface area contributed by atoms with E-state index in [1.165, 1.54) is 5.69 Å². The minimum absolute atomic E-state index is 0.529. The molecule has 14 heavy (non-hydrogen) atoms. The third kappa shape index (κ3) is 2.07. The first-order valence-corrected chi connectivity index (χ1v) is 5.93. The van der Waals surface area contributed by atoms with Crippen molar-refractivity contribution in [3.63, 3.8) is 0 Å². The molecule has 0 spiro atoms. The SMILES string of the molecule is CC(C)c1csc(N2CCOCC2)n1. The molecule has 0 aromatic carbocycles. The molecule has 4 heteroatoms. The Morgan fingerprint density at radius 1 is 1.43 bits per heavy atom. The molecule has 0 unspecified atom stereocenters. The number of aromatic nitrogens is 1. The van der Waals surface area contributed by atoms with E-state index in [2.05, 4.69) is 29.1 Å². The molecule has 0 radical (unpaired) electrons. The fourth-order valence-corrected chi connectivity index (χ4v) is 2.48. The van der Waals surface area contributed by atoms with E-state index in [0.29, 0.717) is 5.92 Å². The zero-order chi connectivity index (χ0) is 9.97. The summed E-state index contributed by atoms with van der Waals surface area (Å²) >= 11 is 1.74. The monoisotopic (exact) mass is 212 g/mol. The van der Waals surface area contributed by atoms with Crippen LogP contribution in [0.2, 0.25) is 0 Å². The number of rotatable bonds is 2. The minimum Gasteiger partial charge on any atom is -0.378 e. The minimum atomic E-state index is 0.529. The van der Waals surface area contributed by atoms with Gasteiger partial charge in [0.1, 0.15) is 0 Å². The summed E-state index contributed by atoms with van der Waals surface area (Å²) in [5.41, 5.74) is 1.21. The first-order chi connectivity index (χ1) is 6.77. The van der Waals surface area contributed by atoms with Crippen LogP contribution in [0.1, 0.15) is 25.5 Å². The van der Waals surface area contributed by atoms with Crippen molar-refractivity contribution < 1.29 is 4.74 Å². The lowest BCUT2D eigenvalue weighted by Gasteiger charge is -2.26. The first kappa shape index (κ1) is 9.93. The Morgan fingerprint density at radius 3 is 2.71 bits per heavy atom. The fraction of sp³-hybridized carbons (Fsp3) is 0.700. The molecular weight excluding hydrogens is 196 g/mol. The first-order valence-electron chi connectivity index (χ1n) is 5.05. The number of hydrogen-bond acceptors (Lipinski definition) is 4. The van der Waals surface area contributed by atoms with Crippen LogP contribution in [-0.2, 0) is 4.74 Å². The summed E-state index contributed by atoms with van der Waals surface area (Å²) in [7, 11) is 0. The van der Waals surface area contributed by atoms with Crippen LogP contribution < -0.4 is 4.90 Å². The number of nitrogens with zero attached hydrogens (tertiary/aromatic N) is 2. The molecule has 0 bridgehead atoms. The van der Waals surface area contributed by atoms with Crippen molar-refractivity contribution in [3.05, 3.63) is 11.1 Å². The van der Waals surface area contributed by atoms with Gasteiger partial charge >= 0.3 is 0 Å².